The number of anilines is 1. The molecule has 0 heterocycles. The molecule has 1 aromatic carbocycles. The van der Waals surface area contributed by atoms with E-state index in [2.05, 4.69) is 21.2 Å². The van der Waals surface area contributed by atoms with E-state index in [-0.39, 0.29) is 5.92 Å². The molecule has 1 aromatic rings. The highest BCUT2D eigenvalue weighted by molar-refractivity contribution is 9.10. The Kier molecular flexibility index (Phi) is 4.72. The highest BCUT2D eigenvalue weighted by Gasteiger charge is 2.23. The summed E-state index contributed by atoms with van der Waals surface area (Å²) in [6.07, 6.45) is 0. The van der Waals surface area contributed by atoms with Crippen LogP contribution in [0.4, 0.5) is 5.69 Å². The molecule has 0 aliphatic rings. The van der Waals surface area contributed by atoms with Gasteiger partial charge in [0.15, 0.2) is 0 Å². The van der Waals surface area contributed by atoms with Crippen LogP contribution in [0.1, 0.15) is 24.2 Å². The average molecular weight is 314 g/mol. The summed E-state index contributed by atoms with van der Waals surface area (Å²) in [5.74, 6) is -1.05. The van der Waals surface area contributed by atoms with E-state index < -0.39 is 17.9 Å². The van der Waals surface area contributed by atoms with Crippen molar-refractivity contribution in [1.29, 1.82) is 0 Å². The van der Waals surface area contributed by atoms with Gasteiger partial charge in [-0.2, -0.15) is 0 Å². The lowest BCUT2D eigenvalue weighted by atomic mass is 10.0. The summed E-state index contributed by atoms with van der Waals surface area (Å²) >= 11 is 3.26. The van der Waals surface area contributed by atoms with Crippen molar-refractivity contribution >= 4 is 33.4 Å². The Labute approximate surface area is 114 Å². The van der Waals surface area contributed by atoms with Gasteiger partial charge in [0.05, 0.1) is 5.56 Å². The maximum atomic E-state index is 12.0. The predicted molar refractivity (Wildman–Crippen MR) is 73.8 cm³/mol. The smallest absolute Gasteiger partial charge is 0.254 e. The van der Waals surface area contributed by atoms with Gasteiger partial charge in [-0.25, -0.2) is 0 Å². The van der Waals surface area contributed by atoms with Gasteiger partial charge in [-0.15, -0.1) is 0 Å². The average Bonchev–Trinajstić information content (AvgIpc) is 2.24. The fourth-order valence-corrected chi connectivity index (χ4v) is 1.90. The van der Waals surface area contributed by atoms with Gasteiger partial charge in [0.25, 0.3) is 5.91 Å². The van der Waals surface area contributed by atoms with Crippen molar-refractivity contribution < 1.29 is 9.59 Å². The number of nitrogen functional groups attached to an aromatic ring is 1. The minimum absolute atomic E-state index is 0.0804. The Morgan fingerprint density at radius 3 is 2.39 bits per heavy atom. The third-order valence-electron chi connectivity index (χ3n) is 2.52. The van der Waals surface area contributed by atoms with Crippen LogP contribution < -0.4 is 16.8 Å². The Morgan fingerprint density at radius 1 is 1.33 bits per heavy atom. The van der Waals surface area contributed by atoms with Crippen LogP contribution in [0.15, 0.2) is 22.7 Å². The van der Waals surface area contributed by atoms with E-state index in [1.54, 1.807) is 32.0 Å². The van der Waals surface area contributed by atoms with Crippen LogP contribution in [-0.2, 0) is 4.79 Å². The highest BCUT2D eigenvalue weighted by Crippen LogP contribution is 2.18. The molecule has 0 aliphatic heterocycles. The van der Waals surface area contributed by atoms with E-state index in [9.17, 15) is 9.59 Å². The molecule has 2 amide bonds. The Morgan fingerprint density at radius 2 is 1.94 bits per heavy atom. The number of nitrogens with one attached hydrogen (secondary N) is 1. The lowest BCUT2D eigenvalue weighted by Gasteiger charge is -2.19. The monoisotopic (exact) mass is 313 g/mol. The lowest BCUT2D eigenvalue weighted by molar-refractivity contribution is -0.120. The van der Waals surface area contributed by atoms with Gasteiger partial charge in [-0.05, 0) is 24.1 Å². The maximum Gasteiger partial charge on any atom is 0.254 e. The molecule has 0 fully saturated rings. The second-order valence-corrected chi connectivity index (χ2v) is 5.24. The molecule has 98 valence electrons. The molecule has 0 saturated carbocycles. The topological polar surface area (TPSA) is 98.2 Å². The van der Waals surface area contributed by atoms with Crippen molar-refractivity contribution in [3.05, 3.63) is 28.2 Å². The van der Waals surface area contributed by atoms with Crippen LogP contribution in [0, 0.1) is 5.92 Å². The summed E-state index contributed by atoms with van der Waals surface area (Å²) in [5.41, 5.74) is 11.6. The number of rotatable bonds is 4. The molecule has 1 rings (SSSR count). The maximum absolute atomic E-state index is 12.0. The molecule has 1 unspecified atom stereocenters. The molecule has 0 aromatic heterocycles. The first-order chi connectivity index (χ1) is 8.32. The highest BCUT2D eigenvalue weighted by atomic mass is 79.9. The van der Waals surface area contributed by atoms with Gasteiger partial charge < -0.3 is 16.8 Å². The summed E-state index contributed by atoms with van der Waals surface area (Å²) in [6.45, 7) is 3.61. The molecule has 18 heavy (non-hydrogen) atoms. The molecular formula is C12H16BrN3O2. The first kappa shape index (κ1) is 14.5. The number of hydrogen-bond donors (Lipinski definition) is 3. The summed E-state index contributed by atoms with van der Waals surface area (Å²) in [6, 6.07) is 4.22. The van der Waals surface area contributed by atoms with E-state index in [1.165, 1.54) is 0 Å². The zero-order valence-electron chi connectivity index (χ0n) is 10.2. The van der Waals surface area contributed by atoms with Crippen LogP contribution in [-0.4, -0.2) is 17.9 Å². The molecular weight excluding hydrogens is 298 g/mol. The SMILES string of the molecule is CC(C)C(NC(=O)c1ccc(Br)cc1N)C(N)=O. The fraction of sp³-hybridized carbons (Fsp3) is 0.333. The van der Waals surface area contributed by atoms with Crippen LogP contribution in [0.5, 0.6) is 0 Å². The van der Waals surface area contributed by atoms with Crippen molar-refractivity contribution in [1.82, 2.24) is 5.32 Å². The molecule has 5 nitrogen and oxygen atoms in total. The van der Waals surface area contributed by atoms with Gasteiger partial charge in [0.1, 0.15) is 6.04 Å². The first-order valence-electron chi connectivity index (χ1n) is 5.48. The number of carbonyl (C=O) groups excluding carboxylic acids is 2. The molecule has 0 spiro atoms. The number of nitrogens with two attached hydrogens (primary N) is 2. The first-order valence-corrected chi connectivity index (χ1v) is 6.27. The van der Waals surface area contributed by atoms with E-state index in [0.29, 0.717) is 11.3 Å². The Balaban J connectivity index is 2.91. The summed E-state index contributed by atoms with van der Waals surface area (Å²) in [5, 5.41) is 2.58. The fourth-order valence-electron chi connectivity index (χ4n) is 1.53. The second kappa shape index (κ2) is 5.86. The molecule has 5 N–H and O–H groups in total. The van der Waals surface area contributed by atoms with Gasteiger partial charge >= 0.3 is 0 Å². The Bertz CT molecular complexity index is 474. The van der Waals surface area contributed by atoms with Crippen molar-refractivity contribution in [2.75, 3.05) is 5.73 Å². The zero-order chi connectivity index (χ0) is 13.9. The summed E-state index contributed by atoms with van der Waals surface area (Å²) in [4.78, 5) is 23.2. The largest absolute Gasteiger partial charge is 0.398 e. The summed E-state index contributed by atoms with van der Waals surface area (Å²) in [7, 11) is 0. The van der Waals surface area contributed by atoms with E-state index >= 15 is 0 Å². The minimum Gasteiger partial charge on any atom is -0.398 e. The molecule has 0 saturated heterocycles. The summed E-state index contributed by atoms with van der Waals surface area (Å²) < 4.78 is 0.784. The molecule has 0 radical (unpaired) electrons. The molecule has 6 heteroatoms. The normalized spacial score (nSPS) is 12.2. The quantitative estimate of drug-likeness (QED) is 0.730. The van der Waals surface area contributed by atoms with Crippen LogP contribution >= 0.6 is 15.9 Å². The van der Waals surface area contributed by atoms with E-state index in [0.717, 1.165) is 4.47 Å². The molecule has 1 atom stereocenters. The number of carbonyl (C=O) groups is 2. The molecule has 0 bridgehead atoms. The van der Waals surface area contributed by atoms with E-state index in [1.807, 2.05) is 0 Å². The predicted octanol–water partition coefficient (Wildman–Crippen LogP) is 1.27. The van der Waals surface area contributed by atoms with Crippen molar-refractivity contribution in [3.8, 4) is 0 Å². The number of hydrogen-bond acceptors (Lipinski definition) is 3. The third-order valence-corrected chi connectivity index (χ3v) is 3.01. The molecule has 0 aliphatic carbocycles. The number of amides is 2. The van der Waals surface area contributed by atoms with E-state index in [4.69, 9.17) is 11.5 Å². The second-order valence-electron chi connectivity index (χ2n) is 4.33. The van der Waals surface area contributed by atoms with Crippen LogP contribution in [0.25, 0.3) is 0 Å². The van der Waals surface area contributed by atoms with Crippen molar-refractivity contribution in [2.45, 2.75) is 19.9 Å². The van der Waals surface area contributed by atoms with Crippen LogP contribution in [0.2, 0.25) is 0 Å². The van der Waals surface area contributed by atoms with Crippen molar-refractivity contribution in [2.24, 2.45) is 11.7 Å². The van der Waals surface area contributed by atoms with Gasteiger partial charge in [-0.1, -0.05) is 29.8 Å². The number of primary amides is 1. The van der Waals surface area contributed by atoms with Crippen molar-refractivity contribution in [3.63, 3.8) is 0 Å². The number of benzene rings is 1. The third kappa shape index (κ3) is 3.46. The lowest BCUT2D eigenvalue weighted by Crippen LogP contribution is -2.47. The Hall–Kier alpha value is -1.56. The van der Waals surface area contributed by atoms with Crippen LogP contribution in [0.3, 0.4) is 0 Å². The van der Waals surface area contributed by atoms with Gasteiger partial charge in [0, 0.05) is 10.2 Å². The van der Waals surface area contributed by atoms with Gasteiger partial charge in [-0.3, -0.25) is 9.59 Å². The standard InChI is InChI=1S/C12H16BrN3O2/c1-6(2)10(11(15)17)16-12(18)8-4-3-7(13)5-9(8)14/h3-6,10H,14H2,1-2H3,(H2,15,17)(H,16,18). The minimum atomic E-state index is -0.708. The van der Waals surface area contributed by atoms with Gasteiger partial charge in [0.2, 0.25) is 5.91 Å². The number of halogens is 1. The zero-order valence-corrected chi connectivity index (χ0v) is 11.8.